The molecule has 0 atom stereocenters. The summed E-state index contributed by atoms with van der Waals surface area (Å²) in [5.74, 6) is 0.687. The lowest BCUT2D eigenvalue weighted by atomic mass is 9.74. The molecule has 0 unspecified atom stereocenters. The number of nitrogens with zero attached hydrogens (tertiary/aromatic N) is 1. The average Bonchev–Trinajstić information content (AvgIpc) is 2.93. The Labute approximate surface area is 114 Å². The zero-order valence-corrected chi connectivity index (χ0v) is 12.4. The maximum Gasteiger partial charge on any atom is 0.183 e. The average molecular weight is 264 g/mol. The van der Waals surface area contributed by atoms with Gasteiger partial charge in [-0.1, -0.05) is 26.7 Å². The van der Waals surface area contributed by atoms with Gasteiger partial charge in [-0.3, -0.25) is 0 Å². The fourth-order valence-corrected chi connectivity index (χ4v) is 4.64. The van der Waals surface area contributed by atoms with Crippen LogP contribution < -0.4 is 5.32 Å². The van der Waals surface area contributed by atoms with Crippen LogP contribution >= 0.6 is 11.3 Å². The van der Waals surface area contributed by atoms with Crippen LogP contribution in [0.25, 0.3) is 0 Å². The Morgan fingerprint density at radius 1 is 1.28 bits per heavy atom. The van der Waals surface area contributed by atoms with Gasteiger partial charge in [0.15, 0.2) is 5.13 Å². The molecule has 2 aliphatic rings. The first kappa shape index (κ1) is 12.5. The van der Waals surface area contributed by atoms with Crippen LogP contribution in [0.2, 0.25) is 0 Å². The number of aromatic nitrogens is 1. The topological polar surface area (TPSA) is 24.9 Å². The van der Waals surface area contributed by atoms with E-state index in [0.29, 0.717) is 11.3 Å². The van der Waals surface area contributed by atoms with Crippen molar-refractivity contribution in [3.63, 3.8) is 0 Å². The third kappa shape index (κ3) is 2.42. The normalized spacial score (nSPS) is 21.5. The minimum atomic E-state index is 0.662. The van der Waals surface area contributed by atoms with E-state index >= 15 is 0 Å². The summed E-state index contributed by atoms with van der Waals surface area (Å²) in [5, 5.41) is 4.64. The second-order valence-electron chi connectivity index (χ2n) is 6.55. The molecular weight excluding hydrogens is 240 g/mol. The number of nitrogens with one attached hydrogen (secondary N) is 1. The molecule has 0 radical (unpaired) electrons. The first-order chi connectivity index (χ1) is 8.67. The van der Waals surface area contributed by atoms with Gasteiger partial charge in [-0.15, -0.1) is 11.3 Å². The molecule has 1 fully saturated rings. The SMILES string of the molecule is CC(C)CNc1nc2c(s1)CC1(CCCC1)CC2. The minimum Gasteiger partial charge on any atom is -0.361 e. The Bertz CT molecular complexity index is 416. The van der Waals surface area contributed by atoms with Crippen LogP contribution in [0.15, 0.2) is 0 Å². The lowest BCUT2D eigenvalue weighted by molar-refractivity contribution is 0.256. The number of rotatable bonds is 3. The van der Waals surface area contributed by atoms with Crippen LogP contribution in [0, 0.1) is 11.3 Å². The first-order valence-electron chi connectivity index (χ1n) is 7.39. The molecule has 18 heavy (non-hydrogen) atoms. The molecule has 2 aliphatic carbocycles. The predicted molar refractivity (Wildman–Crippen MR) is 78.4 cm³/mol. The van der Waals surface area contributed by atoms with Gasteiger partial charge in [0.05, 0.1) is 5.69 Å². The van der Waals surface area contributed by atoms with E-state index in [-0.39, 0.29) is 0 Å². The molecule has 1 aromatic rings. The lowest BCUT2D eigenvalue weighted by Crippen LogP contribution is -2.24. The number of aryl methyl sites for hydroxylation is 1. The molecule has 0 aromatic carbocycles. The fraction of sp³-hybridized carbons (Fsp3) is 0.800. The van der Waals surface area contributed by atoms with Crippen molar-refractivity contribution in [3.8, 4) is 0 Å². The summed E-state index contributed by atoms with van der Waals surface area (Å²) in [6.07, 6.45) is 9.73. The molecule has 1 saturated carbocycles. The highest BCUT2D eigenvalue weighted by Crippen LogP contribution is 2.49. The van der Waals surface area contributed by atoms with E-state index in [2.05, 4.69) is 19.2 Å². The van der Waals surface area contributed by atoms with Gasteiger partial charge in [0.2, 0.25) is 0 Å². The monoisotopic (exact) mass is 264 g/mol. The van der Waals surface area contributed by atoms with Gasteiger partial charge in [-0.2, -0.15) is 0 Å². The maximum atomic E-state index is 4.78. The molecule has 2 nitrogen and oxygen atoms in total. The van der Waals surface area contributed by atoms with Crippen LogP contribution in [-0.4, -0.2) is 11.5 Å². The van der Waals surface area contributed by atoms with Gasteiger partial charge in [0.1, 0.15) is 0 Å². The van der Waals surface area contributed by atoms with Crippen molar-refractivity contribution >= 4 is 16.5 Å². The summed E-state index contributed by atoms with van der Waals surface area (Å²) < 4.78 is 0. The number of anilines is 1. The van der Waals surface area contributed by atoms with Crippen molar-refractivity contribution in [2.24, 2.45) is 11.3 Å². The highest BCUT2D eigenvalue weighted by atomic mass is 32.1. The number of thiazole rings is 1. The highest BCUT2D eigenvalue weighted by molar-refractivity contribution is 7.15. The molecule has 1 spiro atoms. The molecule has 1 aromatic heterocycles. The Hall–Kier alpha value is -0.570. The molecule has 0 bridgehead atoms. The van der Waals surface area contributed by atoms with Crippen molar-refractivity contribution in [1.82, 2.24) is 4.98 Å². The van der Waals surface area contributed by atoms with Crippen LogP contribution in [-0.2, 0) is 12.8 Å². The summed E-state index contributed by atoms with van der Waals surface area (Å²) in [7, 11) is 0. The van der Waals surface area contributed by atoms with E-state index in [9.17, 15) is 0 Å². The largest absolute Gasteiger partial charge is 0.361 e. The summed E-state index contributed by atoms with van der Waals surface area (Å²) >= 11 is 1.92. The van der Waals surface area contributed by atoms with Gasteiger partial charge in [-0.05, 0) is 43.4 Å². The Balaban J connectivity index is 1.71. The van der Waals surface area contributed by atoms with E-state index in [1.165, 1.54) is 50.6 Å². The molecule has 1 N–H and O–H groups in total. The van der Waals surface area contributed by atoms with Gasteiger partial charge in [0.25, 0.3) is 0 Å². The first-order valence-corrected chi connectivity index (χ1v) is 8.21. The van der Waals surface area contributed by atoms with Crippen molar-refractivity contribution in [3.05, 3.63) is 10.6 Å². The van der Waals surface area contributed by atoms with Crippen LogP contribution in [0.4, 0.5) is 5.13 Å². The van der Waals surface area contributed by atoms with Crippen LogP contribution in [0.1, 0.15) is 56.5 Å². The Kier molecular flexibility index (Phi) is 3.35. The van der Waals surface area contributed by atoms with Crippen molar-refractivity contribution in [1.29, 1.82) is 0 Å². The number of hydrogen-bond donors (Lipinski definition) is 1. The van der Waals surface area contributed by atoms with E-state index in [1.807, 2.05) is 11.3 Å². The summed E-state index contributed by atoms with van der Waals surface area (Å²) in [5.41, 5.74) is 2.05. The molecular formula is C15H24N2S. The van der Waals surface area contributed by atoms with Gasteiger partial charge in [-0.25, -0.2) is 4.98 Å². The number of hydrogen-bond acceptors (Lipinski definition) is 3. The van der Waals surface area contributed by atoms with Gasteiger partial charge < -0.3 is 5.32 Å². The summed E-state index contributed by atoms with van der Waals surface area (Å²) in [6.45, 7) is 5.53. The second kappa shape index (κ2) is 4.84. The zero-order valence-electron chi connectivity index (χ0n) is 11.6. The highest BCUT2D eigenvalue weighted by Gasteiger charge is 2.38. The van der Waals surface area contributed by atoms with E-state index in [4.69, 9.17) is 4.98 Å². The smallest absolute Gasteiger partial charge is 0.183 e. The standard InChI is InChI=1S/C15H24N2S/c1-11(2)10-16-14-17-12-5-8-15(6-3-4-7-15)9-13(12)18-14/h11H,3-10H2,1-2H3,(H,16,17). The van der Waals surface area contributed by atoms with E-state index in [0.717, 1.165) is 11.7 Å². The van der Waals surface area contributed by atoms with Crippen molar-refractivity contribution < 1.29 is 0 Å². The molecule has 3 rings (SSSR count). The van der Waals surface area contributed by atoms with Gasteiger partial charge in [0, 0.05) is 11.4 Å². The third-order valence-corrected chi connectivity index (χ3v) is 5.59. The number of fused-ring (bicyclic) bond motifs is 1. The van der Waals surface area contributed by atoms with Crippen LogP contribution in [0.5, 0.6) is 0 Å². The molecule has 100 valence electrons. The molecule has 0 saturated heterocycles. The zero-order chi connectivity index (χ0) is 12.6. The second-order valence-corrected chi connectivity index (χ2v) is 7.63. The Morgan fingerprint density at radius 3 is 2.78 bits per heavy atom. The molecule has 0 amide bonds. The third-order valence-electron chi connectivity index (χ3n) is 4.53. The van der Waals surface area contributed by atoms with Gasteiger partial charge >= 0.3 is 0 Å². The summed E-state index contributed by atoms with van der Waals surface area (Å²) in [6, 6.07) is 0. The quantitative estimate of drug-likeness (QED) is 0.882. The molecule has 3 heteroatoms. The van der Waals surface area contributed by atoms with E-state index in [1.54, 1.807) is 4.88 Å². The molecule has 0 aliphatic heterocycles. The summed E-state index contributed by atoms with van der Waals surface area (Å²) in [4.78, 5) is 6.36. The maximum absolute atomic E-state index is 4.78. The van der Waals surface area contributed by atoms with Crippen molar-refractivity contribution in [2.45, 2.75) is 58.8 Å². The molecule has 1 heterocycles. The minimum absolute atomic E-state index is 0.662. The fourth-order valence-electron chi connectivity index (χ4n) is 3.45. The van der Waals surface area contributed by atoms with E-state index < -0.39 is 0 Å². The Morgan fingerprint density at radius 2 is 2.06 bits per heavy atom. The lowest BCUT2D eigenvalue weighted by Gasteiger charge is -2.32. The van der Waals surface area contributed by atoms with Crippen LogP contribution in [0.3, 0.4) is 0 Å². The predicted octanol–water partition coefficient (Wildman–Crippen LogP) is 4.26. The van der Waals surface area contributed by atoms with Crippen molar-refractivity contribution in [2.75, 3.05) is 11.9 Å².